The predicted molar refractivity (Wildman–Crippen MR) is 95.5 cm³/mol. The van der Waals surface area contributed by atoms with Gasteiger partial charge in [-0.1, -0.05) is 31.5 Å². The van der Waals surface area contributed by atoms with E-state index in [4.69, 9.17) is 10.2 Å². The van der Waals surface area contributed by atoms with E-state index in [1.54, 1.807) is 6.26 Å². The van der Waals surface area contributed by atoms with Crippen LogP contribution >= 0.6 is 0 Å². The number of aryl methyl sites for hydroxylation is 1. The number of nitrogens with two attached hydrogens (primary N) is 1. The van der Waals surface area contributed by atoms with E-state index in [1.165, 1.54) is 5.56 Å². The van der Waals surface area contributed by atoms with Crippen molar-refractivity contribution in [3.63, 3.8) is 0 Å². The topological polar surface area (TPSA) is 81.2 Å². The van der Waals surface area contributed by atoms with E-state index in [-0.39, 0.29) is 5.91 Å². The molecular formula is C19H27N3O2. The van der Waals surface area contributed by atoms with Crippen LogP contribution in [0.5, 0.6) is 0 Å². The van der Waals surface area contributed by atoms with Gasteiger partial charge in [-0.25, -0.2) is 4.98 Å². The van der Waals surface area contributed by atoms with Gasteiger partial charge < -0.3 is 15.5 Å². The van der Waals surface area contributed by atoms with Gasteiger partial charge in [0.2, 0.25) is 11.8 Å². The quantitative estimate of drug-likeness (QED) is 0.780. The fraction of sp³-hybridized carbons (Fsp3) is 0.474. The third-order valence-electron chi connectivity index (χ3n) is 4.74. The Bertz CT molecular complexity index is 649. The lowest BCUT2D eigenvalue weighted by molar-refractivity contribution is -0.131. The summed E-state index contributed by atoms with van der Waals surface area (Å²) in [7, 11) is 0. The van der Waals surface area contributed by atoms with Crippen LogP contribution in [-0.4, -0.2) is 24.0 Å². The van der Waals surface area contributed by atoms with Crippen molar-refractivity contribution in [3.05, 3.63) is 41.8 Å². The Kier molecular flexibility index (Phi) is 6.15. The first kappa shape index (κ1) is 18.2. The Hall–Kier alpha value is -2.14. The summed E-state index contributed by atoms with van der Waals surface area (Å²) < 4.78 is 5.54. The molecule has 0 unspecified atom stereocenters. The van der Waals surface area contributed by atoms with Gasteiger partial charge in [0.15, 0.2) is 0 Å². The van der Waals surface area contributed by atoms with Crippen LogP contribution in [0.1, 0.15) is 37.9 Å². The molecule has 1 aromatic heterocycles. The molecule has 5 heteroatoms. The van der Waals surface area contributed by atoms with Crippen molar-refractivity contribution in [2.24, 2.45) is 11.1 Å². The molecule has 24 heavy (non-hydrogen) atoms. The minimum Gasteiger partial charge on any atom is -0.444 e. The average Bonchev–Trinajstić information content (AvgIpc) is 3.06. The Morgan fingerprint density at radius 2 is 1.92 bits per heavy atom. The second kappa shape index (κ2) is 8.11. The van der Waals surface area contributed by atoms with Crippen LogP contribution in [0.3, 0.4) is 0 Å². The van der Waals surface area contributed by atoms with Crippen molar-refractivity contribution in [1.29, 1.82) is 0 Å². The van der Waals surface area contributed by atoms with Crippen LogP contribution in [0.4, 0.5) is 0 Å². The van der Waals surface area contributed by atoms with E-state index < -0.39 is 5.41 Å². The van der Waals surface area contributed by atoms with Crippen molar-refractivity contribution in [1.82, 2.24) is 10.3 Å². The zero-order chi connectivity index (χ0) is 17.6. The molecule has 0 spiro atoms. The molecule has 3 N–H and O–H groups in total. The van der Waals surface area contributed by atoms with Gasteiger partial charge in [-0.15, -0.1) is 0 Å². The van der Waals surface area contributed by atoms with Gasteiger partial charge in [0.05, 0.1) is 11.1 Å². The van der Waals surface area contributed by atoms with Crippen molar-refractivity contribution < 1.29 is 9.21 Å². The highest BCUT2D eigenvalue weighted by Gasteiger charge is 2.32. The smallest absolute Gasteiger partial charge is 0.227 e. The molecule has 2 rings (SSSR count). The summed E-state index contributed by atoms with van der Waals surface area (Å²) in [6, 6.07) is 8.04. The van der Waals surface area contributed by atoms with Crippen LogP contribution in [0.15, 0.2) is 34.9 Å². The first-order chi connectivity index (χ1) is 11.5. The highest BCUT2D eigenvalue weighted by molar-refractivity contribution is 5.82. The Balaban J connectivity index is 1.92. The molecule has 130 valence electrons. The lowest BCUT2D eigenvalue weighted by atomic mass is 9.81. The minimum atomic E-state index is -0.461. The van der Waals surface area contributed by atoms with Crippen LogP contribution < -0.4 is 11.1 Å². The molecule has 0 radical (unpaired) electrons. The molecule has 1 aromatic carbocycles. The Morgan fingerprint density at radius 3 is 2.50 bits per heavy atom. The lowest BCUT2D eigenvalue weighted by Crippen LogP contribution is -2.45. The van der Waals surface area contributed by atoms with E-state index in [0.717, 1.165) is 24.1 Å². The lowest BCUT2D eigenvalue weighted by Gasteiger charge is -2.28. The normalized spacial score (nSPS) is 11.5. The van der Waals surface area contributed by atoms with Crippen molar-refractivity contribution in [2.45, 2.75) is 40.0 Å². The standard InChI is InChI=1S/C19H27N3O2/c1-4-19(5-2,13-20)18(23)21-11-10-16-12-24-17(22-16)15-8-6-14(3)7-9-15/h6-9,12H,4-5,10-11,13,20H2,1-3H3,(H,21,23). The number of rotatable bonds is 8. The summed E-state index contributed by atoms with van der Waals surface area (Å²) in [4.78, 5) is 16.9. The summed E-state index contributed by atoms with van der Waals surface area (Å²) >= 11 is 0. The van der Waals surface area contributed by atoms with Gasteiger partial charge in [-0.3, -0.25) is 4.79 Å². The molecule has 2 aromatic rings. The van der Waals surface area contributed by atoms with Gasteiger partial charge in [0, 0.05) is 25.1 Å². The first-order valence-electron chi connectivity index (χ1n) is 8.54. The van der Waals surface area contributed by atoms with Gasteiger partial charge in [0.25, 0.3) is 0 Å². The van der Waals surface area contributed by atoms with E-state index in [1.807, 2.05) is 45.0 Å². The maximum absolute atomic E-state index is 12.4. The average molecular weight is 329 g/mol. The zero-order valence-electron chi connectivity index (χ0n) is 14.8. The highest BCUT2D eigenvalue weighted by atomic mass is 16.3. The van der Waals surface area contributed by atoms with E-state index in [0.29, 0.717) is 25.4 Å². The maximum Gasteiger partial charge on any atom is 0.227 e. The summed E-state index contributed by atoms with van der Waals surface area (Å²) in [5, 5.41) is 2.98. The summed E-state index contributed by atoms with van der Waals surface area (Å²) in [5.41, 5.74) is 8.32. The number of aromatic nitrogens is 1. The number of nitrogens with zero attached hydrogens (tertiary/aromatic N) is 1. The molecule has 1 heterocycles. The molecule has 0 bridgehead atoms. The number of nitrogens with one attached hydrogen (secondary N) is 1. The molecule has 5 nitrogen and oxygen atoms in total. The third kappa shape index (κ3) is 4.03. The highest BCUT2D eigenvalue weighted by Crippen LogP contribution is 2.25. The molecule has 0 saturated heterocycles. The molecule has 0 atom stereocenters. The number of carbonyl (C=O) groups is 1. The monoisotopic (exact) mass is 329 g/mol. The van der Waals surface area contributed by atoms with Crippen molar-refractivity contribution in [2.75, 3.05) is 13.1 Å². The molecule has 0 aliphatic heterocycles. The number of hydrogen-bond donors (Lipinski definition) is 2. The Morgan fingerprint density at radius 1 is 1.25 bits per heavy atom. The molecule has 0 aliphatic rings. The molecule has 0 fully saturated rings. The minimum absolute atomic E-state index is 0.0252. The van der Waals surface area contributed by atoms with Crippen LogP contribution in [0, 0.1) is 12.3 Å². The van der Waals surface area contributed by atoms with Crippen molar-refractivity contribution in [3.8, 4) is 11.5 Å². The molecule has 0 saturated carbocycles. The number of hydrogen-bond acceptors (Lipinski definition) is 4. The number of carbonyl (C=O) groups excluding carboxylic acids is 1. The molecule has 0 aliphatic carbocycles. The molecular weight excluding hydrogens is 302 g/mol. The van der Waals surface area contributed by atoms with E-state index in [9.17, 15) is 4.79 Å². The Labute approximate surface area is 143 Å². The number of benzene rings is 1. The third-order valence-corrected chi connectivity index (χ3v) is 4.74. The van der Waals surface area contributed by atoms with Crippen molar-refractivity contribution >= 4 is 5.91 Å². The fourth-order valence-electron chi connectivity index (χ4n) is 2.69. The number of oxazole rings is 1. The molecule has 1 amide bonds. The van der Waals surface area contributed by atoms with E-state index >= 15 is 0 Å². The summed E-state index contributed by atoms with van der Waals surface area (Å²) in [6.45, 7) is 6.94. The van der Waals surface area contributed by atoms with Gasteiger partial charge in [-0.05, 0) is 31.9 Å². The zero-order valence-corrected chi connectivity index (χ0v) is 14.8. The van der Waals surface area contributed by atoms with E-state index in [2.05, 4.69) is 10.3 Å². The second-order valence-corrected chi connectivity index (χ2v) is 6.21. The van der Waals surface area contributed by atoms with Crippen LogP contribution in [0.2, 0.25) is 0 Å². The van der Waals surface area contributed by atoms with Crippen LogP contribution in [0.25, 0.3) is 11.5 Å². The largest absolute Gasteiger partial charge is 0.444 e. The SMILES string of the molecule is CCC(CC)(CN)C(=O)NCCc1coc(-c2ccc(C)cc2)n1. The summed E-state index contributed by atoms with van der Waals surface area (Å²) in [6.07, 6.45) is 3.77. The predicted octanol–water partition coefficient (Wildman–Crippen LogP) is 3.07. The van der Waals surface area contributed by atoms with Gasteiger partial charge in [0.1, 0.15) is 6.26 Å². The van der Waals surface area contributed by atoms with Gasteiger partial charge in [-0.2, -0.15) is 0 Å². The van der Waals surface area contributed by atoms with Gasteiger partial charge >= 0.3 is 0 Å². The fourth-order valence-corrected chi connectivity index (χ4v) is 2.69. The first-order valence-corrected chi connectivity index (χ1v) is 8.54. The number of amides is 1. The second-order valence-electron chi connectivity index (χ2n) is 6.21. The summed E-state index contributed by atoms with van der Waals surface area (Å²) in [5.74, 6) is 0.631. The maximum atomic E-state index is 12.4. The van der Waals surface area contributed by atoms with Crippen LogP contribution in [-0.2, 0) is 11.2 Å².